The average molecular weight is 267 g/mol. The Morgan fingerprint density at radius 1 is 1.53 bits per heavy atom. The van der Waals surface area contributed by atoms with Gasteiger partial charge in [0, 0.05) is 6.04 Å². The average Bonchev–Trinajstić information content (AvgIpc) is 2.94. The van der Waals surface area contributed by atoms with Gasteiger partial charge in [-0.05, 0) is 43.1 Å². The standard InChI is InChI=1S/C13H15ClN2S/c1-2-4-8-7-11(8)16-12-9(14)5-3-6-10(12)15-13(16)17/h3,5-6,8,11H,2,4,7H2,1H3,(H,15,17). The molecule has 2 atom stereocenters. The fourth-order valence-electron chi connectivity index (χ4n) is 2.68. The van der Waals surface area contributed by atoms with Crippen LogP contribution in [0.25, 0.3) is 11.0 Å². The summed E-state index contributed by atoms with van der Waals surface area (Å²) in [4.78, 5) is 3.25. The molecule has 1 aromatic carbocycles. The largest absolute Gasteiger partial charge is 0.331 e. The molecule has 2 unspecified atom stereocenters. The van der Waals surface area contributed by atoms with Crippen LogP contribution in [0, 0.1) is 10.7 Å². The van der Waals surface area contributed by atoms with Crippen LogP contribution in [0.4, 0.5) is 0 Å². The number of rotatable bonds is 3. The Bertz CT molecular complexity index is 613. The first-order chi connectivity index (χ1) is 8.22. The summed E-state index contributed by atoms with van der Waals surface area (Å²) in [5.41, 5.74) is 2.12. The lowest BCUT2D eigenvalue weighted by molar-refractivity contribution is 0.613. The van der Waals surface area contributed by atoms with Crippen molar-refractivity contribution in [1.82, 2.24) is 9.55 Å². The zero-order valence-corrected chi connectivity index (χ0v) is 11.3. The molecular weight excluding hydrogens is 252 g/mol. The summed E-state index contributed by atoms with van der Waals surface area (Å²) in [6.45, 7) is 2.23. The number of H-pyrrole nitrogens is 1. The topological polar surface area (TPSA) is 20.7 Å². The highest BCUT2D eigenvalue weighted by molar-refractivity contribution is 7.71. The molecule has 1 fully saturated rings. The maximum Gasteiger partial charge on any atom is 0.178 e. The van der Waals surface area contributed by atoms with Crippen LogP contribution < -0.4 is 0 Å². The number of nitrogens with zero attached hydrogens (tertiary/aromatic N) is 1. The fourth-order valence-corrected chi connectivity index (χ4v) is 3.29. The molecule has 0 amide bonds. The van der Waals surface area contributed by atoms with Gasteiger partial charge in [-0.3, -0.25) is 0 Å². The number of para-hydroxylation sites is 1. The van der Waals surface area contributed by atoms with Crippen molar-refractivity contribution in [3.63, 3.8) is 0 Å². The number of fused-ring (bicyclic) bond motifs is 1. The van der Waals surface area contributed by atoms with Crippen molar-refractivity contribution in [3.8, 4) is 0 Å². The summed E-state index contributed by atoms with van der Waals surface area (Å²) in [5.74, 6) is 0.780. The lowest BCUT2D eigenvalue weighted by Crippen LogP contribution is -1.96. The van der Waals surface area contributed by atoms with Crippen molar-refractivity contribution >= 4 is 34.9 Å². The number of hydrogen-bond acceptors (Lipinski definition) is 1. The summed E-state index contributed by atoms with van der Waals surface area (Å²) in [6, 6.07) is 6.47. The third-order valence-corrected chi connectivity index (χ3v) is 4.17. The molecule has 0 saturated heterocycles. The maximum absolute atomic E-state index is 6.29. The van der Waals surface area contributed by atoms with E-state index in [4.69, 9.17) is 23.8 Å². The molecule has 1 aliphatic rings. The van der Waals surface area contributed by atoms with Crippen molar-refractivity contribution in [2.75, 3.05) is 0 Å². The maximum atomic E-state index is 6.29. The van der Waals surface area contributed by atoms with Gasteiger partial charge in [-0.2, -0.15) is 0 Å². The third-order valence-electron chi connectivity index (χ3n) is 3.56. The van der Waals surface area contributed by atoms with Gasteiger partial charge in [-0.1, -0.05) is 31.0 Å². The van der Waals surface area contributed by atoms with Gasteiger partial charge >= 0.3 is 0 Å². The molecule has 3 rings (SSSR count). The summed E-state index contributed by atoms with van der Waals surface area (Å²) in [7, 11) is 0. The number of benzene rings is 1. The number of hydrogen-bond donors (Lipinski definition) is 1. The molecule has 4 heteroatoms. The van der Waals surface area contributed by atoms with Crippen LogP contribution in [0.2, 0.25) is 5.02 Å². The molecule has 17 heavy (non-hydrogen) atoms. The van der Waals surface area contributed by atoms with Crippen molar-refractivity contribution in [1.29, 1.82) is 0 Å². The second kappa shape index (κ2) is 4.14. The van der Waals surface area contributed by atoms with Gasteiger partial charge in [-0.15, -0.1) is 0 Å². The Morgan fingerprint density at radius 3 is 3.12 bits per heavy atom. The number of nitrogens with one attached hydrogen (secondary N) is 1. The lowest BCUT2D eigenvalue weighted by atomic mass is 10.2. The van der Waals surface area contributed by atoms with Gasteiger partial charge in [0.2, 0.25) is 0 Å². The fraction of sp³-hybridized carbons (Fsp3) is 0.462. The van der Waals surface area contributed by atoms with Crippen molar-refractivity contribution in [3.05, 3.63) is 28.0 Å². The van der Waals surface area contributed by atoms with Crippen molar-refractivity contribution < 1.29 is 0 Å². The predicted molar refractivity (Wildman–Crippen MR) is 74.2 cm³/mol. The van der Waals surface area contributed by atoms with Gasteiger partial charge in [0.15, 0.2) is 4.77 Å². The number of aromatic amines is 1. The molecule has 1 saturated carbocycles. The predicted octanol–water partition coefficient (Wildman–Crippen LogP) is 4.71. The van der Waals surface area contributed by atoms with Crippen molar-refractivity contribution in [2.45, 2.75) is 32.2 Å². The molecule has 0 spiro atoms. The Morgan fingerprint density at radius 2 is 2.35 bits per heavy atom. The second-order valence-electron chi connectivity index (χ2n) is 4.79. The molecule has 2 nitrogen and oxygen atoms in total. The molecular formula is C13H15ClN2S. The molecule has 2 aromatic rings. The minimum Gasteiger partial charge on any atom is -0.331 e. The highest BCUT2D eigenvalue weighted by Crippen LogP contribution is 2.48. The van der Waals surface area contributed by atoms with E-state index in [1.54, 1.807) is 0 Å². The van der Waals surface area contributed by atoms with Crippen LogP contribution in [-0.4, -0.2) is 9.55 Å². The van der Waals surface area contributed by atoms with E-state index < -0.39 is 0 Å². The van der Waals surface area contributed by atoms with Gasteiger partial charge in [0.25, 0.3) is 0 Å². The van der Waals surface area contributed by atoms with Crippen LogP contribution in [0.3, 0.4) is 0 Å². The van der Waals surface area contributed by atoms with E-state index in [2.05, 4.69) is 16.5 Å². The third kappa shape index (κ3) is 1.81. The van der Waals surface area contributed by atoms with E-state index in [1.165, 1.54) is 19.3 Å². The smallest absolute Gasteiger partial charge is 0.178 e. The zero-order valence-electron chi connectivity index (χ0n) is 9.74. The van der Waals surface area contributed by atoms with Crippen molar-refractivity contribution in [2.24, 2.45) is 5.92 Å². The van der Waals surface area contributed by atoms with E-state index in [1.807, 2.05) is 18.2 Å². The molecule has 1 heterocycles. The highest BCUT2D eigenvalue weighted by atomic mass is 35.5. The van der Waals surface area contributed by atoms with Crippen LogP contribution in [0.15, 0.2) is 18.2 Å². The number of aromatic nitrogens is 2. The minimum atomic E-state index is 0.552. The van der Waals surface area contributed by atoms with Crippen LogP contribution >= 0.6 is 23.8 Å². The van der Waals surface area contributed by atoms with Crippen LogP contribution in [0.5, 0.6) is 0 Å². The second-order valence-corrected chi connectivity index (χ2v) is 5.58. The Kier molecular flexibility index (Phi) is 2.75. The summed E-state index contributed by atoms with van der Waals surface area (Å²) >= 11 is 11.7. The van der Waals surface area contributed by atoms with Crippen LogP contribution in [0.1, 0.15) is 32.2 Å². The van der Waals surface area contributed by atoms with E-state index >= 15 is 0 Å². The van der Waals surface area contributed by atoms with Gasteiger partial charge in [0.1, 0.15) is 0 Å². The summed E-state index contributed by atoms with van der Waals surface area (Å²) in [5, 5.41) is 0.789. The first-order valence-corrected chi connectivity index (χ1v) is 6.89. The van der Waals surface area contributed by atoms with Gasteiger partial charge < -0.3 is 9.55 Å². The van der Waals surface area contributed by atoms with Gasteiger partial charge in [-0.25, -0.2) is 0 Å². The Labute approximate surface area is 111 Å². The molecule has 1 aromatic heterocycles. The number of imidazole rings is 1. The molecule has 1 aliphatic carbocycles. The Balaban J connectivity index is 2.11. The summed E-state index contributed by atoms with van der Waals surface area (Å²) in [6.07, 6.45) is 3.76. The molecule has 90 valence electrons. The normalized spacial score (nSPS) is 23.2. The van der Waals surface area contributed by atoms with E-state index in [-0.39, 0.29) is 0 Å². The molecule has 0 aliphatic heterocycles. The quantitative estimate of drug-likeness (QED) is 0.798. The number of halogens is 1. The SMILES string of the molecule is CCCC1CC1n1c(=S)[nH]c2cccc(Cl)c21. The van der Waals surface area contributed by atoms with E-state index in [0.717, 1.165) is 26.7 Å². The summed E-state index contributed by atoms with van der Waals surface area (Å²) < 4.78 is 3.02. The monoisotopic (exact) mass is 266 g/mol. The highest BCUT2D eigenvalue weighted by Gasteiger charge is 2.39. The molecule has 0 bridgehead atoms. The lowest BCUT2D eigenvalue weighted by Gasteiger charge is -2.04. The minimum absolute atomic E-state index is 0.552. The zero-order chi connectivity index (χ0) is 12.0. The van der Waals surface area contributed by atoms with E-state index in [9.17, 15) is 0 Å². The molecule has 1 N–H and O–H groups in total. The van der Waals surface area contributed by atoms with Crippen LogP contribution in [-0.2, 0) is 0 Å². The molecule has 0 radical (unpaired) electrons. The first kappa shape index (κ1) is 11.3. The Hall–Kier alpha value is -0.800. The first-order valence-electron chi connectivity index (χ1n) is 6.11. The van der Waals surface area contributed by atoms with Gasteiger partial charge in [0.05, 0.1) is 16.1 Å². The van der Waals surface area contributed by atoms with E-state index in [0.29, 0.717) is 6.04 Å².